The summed E-state index contributed by atoms with van der Waals surface area (Å²) in [6.45, 7) is 0. The molecule has 1 amide bonds. The third-order valence-electron chi connectivity index (χ3n) is 3.24. The number of hydrogen-bond donors (Lipinski definition) is 2. The summed E-state index contributed by atoms with van der Waals surface area (Å²) in [4.78, 5) is 20.1. The maximum Gasteiger partial charge on any atom is 0.275 e. The molecule has 3 aromatic rings. The molecule has 0 atom stereocenters. The normalized spacial score (nSPS) is 10.3. The van der Waals surface area contributed by atoms with Gasteiger partial charge in [0.25, 0.3) is 5.91 Å². The Morgan fingerprint density at radius 3 is 2.57 bits per heavy atom. The first-order chi connectivity index (χ1) is 11.1. The van der Waals surface area contributed by atoms with Crippen molar-refractivity contribution in [1.82, 2.24) is 9.97 Å². The highest BCUT2D eigenvalue weighted by Gasteiger charge is 2.12. The largest absolute Gasteiger partial charge is 0.399 e. The lowest BCUT2D eigenvalue weighted by molar-refractivity contribution is 0.102. The van der Waals surface area contributed by atoms with Crippen molar-refractivity contribution in [2.24, 2.45) is 0 Å². The van der Waals surface area contributed by atoms with E-state index in [0.717, 1.165) is 11.1 Å². The van der Waals surface area contributed by atoms with Crippen molar-refractivity contribution >= 4 is 17.3 Å². The summed E-state index contributed by atoms with van der Waals surface area (Å²) < 4.78 is 13.1. The lowest BCUT2D eigenvalue weighted by Crippen LogP contribution is -2.14. The van der Waals surface area contributed by atoms with Crippen LogP contribution in [0.3, 0.4) is 0 Å². The van der Waals surface area contributed by atoms with Gasteiger partial charge >= 0.3 is 0 Å². The predicted octanol–water partition coefficient (Wildman–Crippen LogP) is 3.12. The highest BCUT2D eigenvalue weighted by atomic mass is 19.1. The van der Waals surface area contributed by atoms with Crippen LogP contribution < -0.4 is 11.1 Å². The van der Waals surface area contributed by atoms with E-state index in [0.29, 0.717) is 11.4 Å². The molecule has 0 unspecified atom stereocenters. The third kappa shape index (κ3) is 3.32. The first-order valence-corrected chi connectivity index (χ1v) is 6.86. The smallest absolute Gasteiger partial charge is 0.275 e. The van der Waals surface area contributed by atoms with E-state index in [-0.39, 0.29) is 11.5 Å². The van der Waals surface area contributed by atoms with Crippen molar-refractivity contribution in [3.8, 4) is 11.1 Å². The Bertz CT molecular complexity index is 835. The average molecular weight is 308 g/mol. The van der Waals surface area contributed by atoms with Crippen LogP contribution in [0.25, 0.3) is 11.1 Å². The highest BCUT2D eigenvalue weighted by Crippen LogP contribution is 2.30. The van der Waals surface area contributed by atoms with Crippen molar-refractivity contribution in [3.05, 3.63) is 72.6 Å². The molecule has 23 heavy (non-hydrogen) atoms. The minimum Gasteiger partial charge on any atom is -0.399 e. The van der Waals surface area contributed by atoms with Gasteiger partial charge in [-0.3, -0.25) is 9.78 Å². The van der Waals surface area contributed by atoms with E-state index >= 15 is 0 Å². The molecule has 3 rings (SSSR count). The van der Waals surface area contributed by atoms with E-state index in [9.17, 15) is 9.18 Å². The SMILES string of the molecule is Nc1ccc(-c2ccc(F)cc2)c(NC(=O)c2cnccn2)c1. The maximum atomic E-state index is 13.1. The van der Waals surface area contributed by atoms with Crippen LogP contribution in [0.4, 0.5) is 15.8 Å². The van der Waals surface area contributed by atoms with Crippen LogP contribution in [0.5, 0.6) is 0 Å². The molecule has 0 spiro atoms. The zero-order valence-corrected chi connectivity index (χ0v) is 12.0. The van der Waals surface area contributed by atoms with Crippen LogP contribution in [-0.2, 0) is 0 Å². The molecule has 2 aromatic carbocycles. The van der Waals surface area contributed by atoms with Crippen LogP contribution in [0.1, 0.15) is 10.5 Å². The summed E-state index contributed by atoms with van der Waals surface area (Å²) in [5.74, 6) is -0.721. The molecule has 0 saturated carbocycles. The molecule has 0 aliphatic heterocycles. The predicted molar refractivity (Wildman–Crippen MR) is 86.2 cm³/mol. The number of nitrogens with zero attached hydrogens (tertiary/aromatic N) is 2. The number of nitrogen functional groups attached to an aromatic ring is 1. The Hall–Kier alpha value is -3.28. The van der Waals surface area contributed by atoms with Gasteiger partial charge in [-0.1, -0.05) is 18.2 Å². The fraction of sp³-hybridized carbons (Fsp3) is 0. The van der Waals surface area contributed by atoms with Crippen LogP contribution in [-0.4, -0.2) is 15.9 Å². The lowest BCUT2D eigenvalue weighted by Gasteiger charge is -2.12. The Morgan fingerprint density at radius 2 is 1.87 bits per heavy atom. The van der Waals surface area contributed by atoms with Gasteiger partial charge in [0.05, 0.1) is 11.9 Å². The second-order valence-corrected chi connectivity index (χ2v) is 4.86. The van der Waals surface area contributed by atoms with Gasteiger partial charge < -0.3 is 11.1 Å². The van der Waals surface area contributed by atoms with Gasteiger partial charge in [0.2, 0.25) is 0 Å². The molecule has 0 radical (unpaired) electrons. The number of halogens is 1. The van der Waals surface area contributed by atoms with Crippen LogP contribution in [0.15, 0.2) is 61.1 Å². The number of amides is 1. The Labute approximate surface area is 132 Å². The van der Waals surface area contributed by atoms with Gasteiger partial charge in [-0.2, -0.15) is 0 Å². The van der Waals surface area contributed by atoms with Gasteiger partial charge in [0, 0.05) is 23.6 Å². The van der Waals surface area contributed by atoms with E-state index in [1.165, 1.54) is 30.7 Å². The number of benzene rings is 2. The fourth-order valence-corrected chi connectivity index (χ4v) is 2.15. The van der Waals surface area contributed by atoms with Crippen LogP contribution in [0, 0.1) is 5.82 Å². The summed E-state index contributed by atoms with van der Waals surface area (Å²) >= 11 is 0. The lowest BCUT2D eigenvalue weighted by atomic mass is 10.0. The van der Waals surface area contributed by atoms with E-state index in [1.54, 1.807) is 30.3 Å². The number of anilines is 2. The number of carbonyl (C=O) groups excluding carboxylic acids is 1. The second kappa shape index (κ2) is 6.23. The van der Waals surface area contributed by atoms with Gasteiger partial charge in [0.15, 0.2) is 0 Å². The van der Waals surface area contributed by atoms with E-state index in [4.69, 9.17) is 5.73 Å². The average Bonchev–Trinajstić information content (AvgIpc) is 2.57. The number of nitrogens with two attached hydrogens (primary N) is 1. The molecule has 0 aliphatic rings. The monoisotopic (exact) mass is 308 g/mol. The Morgan fingerprint density at radius 1 is 1.09 bits per heavy atom. The molecular formula is C17H13FN4O. The third-order valence-corrected chi connectivity index (χ3v) is 3.24. The molecule has 0 aliphatic carbocycles. The van der Waals surface area contributed by atoms with Crippen molar-refractivity contribution in [2.45, 2.75) is 0 Å². The van der Waals surface area contributed by atoms with Crippen molar-refractivity contribution in [1.29, 1.82) is 0 Å². The number of carbonyl (C=O) groups is 1. The topological polar surface area (TPSA) is 80.9 Å². The molecule has 3 N–H and O–H groups in total. The van der Waals surface area contributed by atoms with E-state index < -0.39 is 5.91 Å². The zero-order chi connectivity index (χ0) is 16.2. The molecular weight excluding hydrogens is 295 g/mol. The molecule has 1 aromatic heterocycles. The molecule has 114 valence electrons. The van der Waals surface area contributed by atoms with Crippen LogP contribution >= 0.6 is 0 Å². The molecule has 0 bridgehead atoms. The van der Waals surface area contributed by atoms with Gasteiger partial charge in [-0.15, -0.1) is 0 Å². The van der Waals surface area contributed by atoms with Crippen molar-refractivity contribution < 1.29 is 9.18 Å². The summed E-state index contributed by atoms with van der Waals surface area (Å²) in [6.07, 6.45) is 4.30. The minimum absolute atomic E-state index is 0.194. The number of rotatable bonds is 3. The minimum atomic E-state index is -0.396. The Kier molecular flexibility index (Phi) is 3.97. The van der Waals surface area contributed by atoms with Crippen molar-refractivity contribution in [3.63, 3.8) is 0 Å². The maximum absolute atomic E-state index is 13.1. The van der Waals surface area contributed by atoms with E-state index in [2.05, 4.69) is 15.3 Å². The number of nitrogens with one attached hydrogen (secondary N) is 1. The first kappa shape index (κ1) is 14.6. The summed E-state index contributed by atoms with van der Waals surface area (Å²) in [5, 5.41) is 2.77. The van der Waals surface area contributed by atoms with Crippen molar-refractivity contribution in [2.75, 3.05) is 11.1 Å². The summed E-state index contributed by atoms with van der Waals surface area (Å²) in [7, 11) is 0. The Balaban J connectivity index is 1.97. The molecule has 1 heterocycles. The first-order valence-electron chi connectivity index (χ1n) is 6.86. The molecule has 6 heteroatoms. The second-order valence-electron chi connectivity index (χ2n) is 4.86. The summed E-state index contributed by atoms with van der Waals surface area (Å²) in [6, 6.07) is 11.1. The van der Waals surface area contributed by atoms with Gasteiger partial charge in [-0.05, 0) is 29.8 Å². The molecule has 0 saturated heterocycles. The zero-order valence-electron chi connectivity index (χ0n) is 12.0. The molecule has 0 fully saturated rings. The van der Waals surface area contributed by atoms with Gasteiger partial charge in [-0.25, -0.2) is 9.37 Å². The standard InChI is InChI=1S/C17H13FN4O/c18-12-3-1-11(2-4-12)14-6-5-13(19)9-15(14)22-17(23)16-10-20-7-8-21-16/h1-10H,19H2,(H,22,23). The van der Waals surface area contributed by atoms with Crippen LogP contribution in [0.2, 0.25) is 0 Å². The number of hydrogen-bond acceptors (Lipinski definition) is 4. The highest BCUT2D eigenvalue weighted by molar-refractivity contribution is 6.05. The summed E-state index contributed by atoms with van der Waals surface area (Å²) in [5.41, 5.74) is 8.52. The van der Waals surface area contributed by atoms with E-state index in [1.807, 2.05) is 0 Å². The van der Waals surface area contributed by atoms with Gasteiger partial charge in [0.1, 0.15) is 11.5 Å². The quantitative estimate of drug-likeness (QED) is 0.728. The number of aromatic nitrogens is 2. The molecule has 5 nitrogen and oxygen atoms in total. The fourth-order valence-electron chi connectivity index (χ4n) is 2.15.